The van der Waals surface area contributed by atoms with E-state index in [1.807, 2.05) is 19.2 Å². The maximum atomic E-state index is 11.8. The van der Waals surface area contributed by atoms with Crippen LogP contribution in [0.4, 0.5) is 0 Å². The lowest BCUT2D eigenvalue weighted by atomic mass is 9.93. The maximum Gasteiger partial charge on any atom is 0.175 e. The standard InChI is InChI=1S/C13H20N2O2S/c1-15-8-7-10(14)9-12(15)11-5-3-4-6-13(11)18(2,16)17/h3-6,10,12H,7-9,14H2,1-2H3. The predicted octanol–water partition coefficient (Wildman–Crippen LogP) is 1.18. The van der Waals surface area contributed by atoms with Crippen molar-refractivity contribution >= 4 is 9.84 Å². The van der Waals surface area contributed by atoms with E-state index in [-0.39, 0.29) is 12.1 Å². The van der Waals surface area contributed by atoms with E-state index in [9.17, 15) is 8.42 Å². The van der Waals surface area contributed by atoms with Crippen molar-refractivity contribution in [3.63, 3.8) is 0 Å². The largest absolute Gasteiger partial charge is 0.328 e. The Morgan fingerprint density at radius 1 is 1.33 bits per heavy atom. The zero-order valence-electron chi connectivity index (χ0n) is 10.8. The van der Waals surface area contributed by atoms with E-state index in [1.165, 1.54) is 6.26 Å². The molecule has 2 N–H and O–H groups in total. The topological polar surface area (TPSA) is 63.4 Å². The van der Waals surface area contributed by atoms with E-state index >= 15 is 0 Å². The fourth-order valence-electron chi connectivity index (χ4n) is 2.57. The Morgan fingerprint density at radius 3 is 2.67 bits per heavy atom. The first kappa shape index (κ1) is 13.5. The van der Waals surface area contributed by atoms with E-state index in [1.54, 1.807) is 12.1 Å². The van der Waals surface area contributed by atoms with Gasteiger partial charge in [-0.05, 0) is 38.1 Å². The third-order valence-corrected chi connectivity index (χ3v) is 4.76. The van der Waals surface area contributed by atoms with Crippen molar-refractivity contribution < 1.29 is 8.42 Å². The molecule has 1 aliphatic rings. The van der Waals surface area contributed by atoms with Crippen molar-refractivity contribution in [3.8, 4) is 0 Å². The van der Waals surface area contributed by atoms with Crippen LogP contribution < -0.4 is 5.73 Å². The van der Waals surface area contributed by atoms with Gasteiger partial charge in [-0.2, -0.15) is 0 Å². The normalized spacial score (nSPS) is 26.2. The summed E-state index contributed by atoms with van der Waals surface area (Å²) in [5, 5.41) is 0. The van der Waals surface area contributed by atoms with Gasteiger partial charge in [0.15, 0.2) is 9.84 Å². The third kappa shape index (κ3) is 2.74. The highest BCUT2D eigenvalue weighted by molar-refractivity contribution is 7.90. The number of piperidine rings is 1. The number of nitrogens with zero attached hydrogens (tertiary/aromatic N) is 1. The average Bonchev–Trinajstić information content (AvgIpc) is 2.31. The van der Waals surface area contributed by atoms with Crippen LogP contribution in [-0.4, -0.2) is 39.2 Å². The van der Waals surface area contributed by atoms with E-state index < -0.39 is 9.84 Å². The Bertz CT molecular complexity index is 528. The van der Waals surface area contributed by atoms with Crippen molar-refractivity contribution in [2.45, 2.75) is 29.8 Å². The molecular formula is C13H20N2O2S. The van der Waals surface area contributed by atoms with E-state index in [0.717, 1.165) is 24.9 Å². The lowest BCUT2D eigenvalue weighted by Crippen LogP contribution is -2.40. The molecule has 0 radical (unpaired) electrons. The molecule has 2 rings (SSSR count). The minimum Gasteiger partial charge on any atom is -0.328 e. The van der Waals surface area contributed by atoms with E-state index in [0.29, 0.717) is 4.90 Å². The number of nitrogens with two attached hydrogens (primary N) is 1. The quantitative estimate of drug-likeness (QED) is 0.875. The molecule has 1 aromatic rings. The van der Waals surface area contributed by atoms with Crippen LogP contribution in [0.25, 0.3) is 0 Å². The lowest BCUT2D eigenvalue weighted by molar-refractivity contribution is 0.169. The molecule has 1 heterocycles. The summed E-state index contributed by atoms with van der Waals surface area (Å²) in [7, 11) is -1.17. The second-order valence-electron chi connectivity index (χ2n) is 5.09. The Balaban J connectivity index is 2.44. The first-order chi connectivity index (χ1) is 8.39. The van der Waals surface area contributed by atoms with Crippen LogP contribution in [-0.2, 0) is 9.84 Å². The Hall–Kier alpha value is -0.910. The molecular weight excluding hydrogens is 248 g/mol. The van der Waals surface area contributed by atoms with Crippen LogP contribution in [0.15, 0.2) is 29.2 Å². The Morgan fingerprint density at radius 2 is 2.00 bits per heavy atom. The van der Waals surface area contributed by atoms with Crippen LogP contribution in [0.5, 0.6) is 0 Å². The molecule has 5 heteroatoms. The maximum absolute atomic E-state index is 11.8. The molecule has 2 atom stereocenters. The Labute approximate surface area is 109 Å². The van der Waals surface area contributed by atoms with Crippen LogP contribution in [0.2, 0.25) is 0 Å². The summed E-state index contributed by atoms with van der Waals surface area (Å²) in [6, 6.07) is 7.48. The number of sulfone groups is 1. The monoisotopic (exact) mass is 268 g/mol. The van der Waals surface area contributed by atoms with Gasteiger partial charge in [-0.3, -0.25) is 4.90 Å². The average molecular weight is 268 g/mol. The fraction of sp³-hybridized carbons (Fsp3) is 0.538. The van der Waals surface area contributed by atoms with Crippen LogP contribution in [0.1, 0.15) is 24.4 Å². The summed E-state index contributed by atoms with van der Waals surface area (Å²) in [5.74, 6) is 0. The van der Waals surface area contributed by atoms with Gasteiger partial charge in [-0.1, -0.05) is 18.2 Å². The second-order valence-corrected chi connectivity index (χ2v) is 7.08. The fourth-order valence-corrected chi connectivity index (χ4v) is 3.53. The summed E-state index contributed by atoms with van der Waals surface area (Å²) in [6.45, 7) is 0.907. The molecule has 2 unspecified atom stereocenters. The van der Waals surface area contributed by atoms with Crippen molar-refractivity contribution in [2.24, 2.45) is 5.73 Å². The second kappa shape index (κ2) is 4.99. The number of likely N-dealkylation sites (tertiary alicyclic amines) is 1. The molecule has 100 valence electrons. The van der Waals surface area contributed by atoms with E-state index in [2.05, 4.69) is 4.90 Å². The molecule has 4 nitrogen and oxygen atoms in total. The number of hydrogen-bond acceptors (Lipinski definition) is 4. The zero-order chi connectivity index (χ0) is 13.3. The third-order valence-electron chi connectivity index (χ3n) is 3.59. The smallest absolute Gasteiger partial charge is 0.175 e. The lowest BCUT2D eigenvalue weighted by Gasteiger charge is -2.36. The minimum atomic E-state index is -3.19. The van der Waals surface area contributed by atoms with Crippen molar-refractivity contribution in [1.29, 1.82) is 0 Å². The first-order valence-electron chi connectivity index (χ1n) is 6.14. The van der Waals surface area contributed by atoms with Crippen molar-refractivity contribution in [2.75, 3.05) is 19.8 Å². The number of rotatable bonds is 2. The molecule has 1 saturated heterocycles. The van der Waals surface area contributed by atoms with Crippen LogP contribution in [0, 0.1) is 0 Å². The summed E-state index contributed by atoms with van der Waals surface area (Å²) in [5.41, 5.74) is 6.88. The molecule has 1 aliphatic heterocycles. The van der Waals surface area contributed by atoms with Gasteiger partial charge < -0.3 is 5.73 Å². The summed E-state index contributed by atoms with van der Waals surface area (Å²) >= 11 is 0. The molecule has 0 bridgehead atoms. The Kier molecular flexibility index (Phi) is 3.75. The summed E-state index contributed by atoms with van der Waals surface area (Å²) < 4.78 is 23.7. The zero-order valence-corrected chi connectivity index (χ0v) is 11.7. The molecule has 0 amide bonds. The predicted molar refractivity (Wildman–Crippen MR) is 72.1 cm³/mol. The van der Waals surface area contributed by atoms with Gasteiger partial charge in [0.25, 0.3) is 0 Å². The minimum absolute atomic E-state index is 0.0969. The molecule has 18 heavy (non-hydrogen) atoms. The molecule has 0 saturated carbocycles. The highest BCUT2D eigenvalue weighted by Crippen LogP contribution is 2.32. The number of hydrogen-bond donors (Lipinski definition) is 1. The van der Waals surface area contributed by atoms with Crippen molar-refractivity contribution in [1.82, 2.24) is 4.90 Å². The summed E-state index contributed by atoms with van der Waals surface area (Å²) in [4.78, 5) is 2.61. The molecule has 0 aromatic heterocycles. The van der Waals surface area contributed by atoms with Gasteiger partial charge >= 0.3 is 0 Å². The highest BCUT2D eigenvalue weighted by Gasteiger charge is 2.28. The van der Waals surface area contributed by atoms with Gasteiger partial charge in [-0.15, -0.1) is 0 Å². The summed E-state index contributed by atoms with van der Waals surface area (Å²) in [6.07, 6.45) is 3.03. The van der Waals surface area contributed by atoms with Gasteiger partial charge in [-0.25, -0.2) is 8.42 Å². The van der Waals surface area contributed by atoms with Crippen molar-refractivity contribution in [3.05, 3.63) is 29.8 Å². The molecule has 0 aliphatic carbocycles. The molecule has 1 aromatic carbocycles. The number of benzene rings is 1. The van der Waals surface area contributed by atoms with Gasteiger partial charge in [0.05, 0.1) is 4.90 Å². The van der Waals surface area contributed by atoms with E-state index in [4.69, 9.17) is 5.73 Å². The highest BCUT2D eigenvalue weighted by atomic mass is 32.2. The van der Waals surface area contributed by atoms with Gasteiger partial charge in [0.1, 0.15) is 0 Å². The molecule has 1 fully saturated rings. The van der Waals surface area contributed by atoms with Crippen LogP contribution in [0.3, 0.4) is 0 Å². The SMILES string of the molecule is CN1CCC(N)CC1c1ccccc1S(C)(=O)=O. The first-order valence-corrected chi connectivity index (χ1v) is 8.03. The van der Waals surface area contributed by atoms with Gasteiger partial charge in [0.2, 0.25) is 0 Å². The molecule has 0 spiro atoms. The van der Waals surface area contributed by atoms with Gasteiger partial charge in [0, 0.05) is 18.3 Å². The van der Waals surface area contributed by atoms with Crippen LogP contribution >= 0.6 is 0 Å².